The molecule has 1 aromatic carbocycles. The van der Waals surface area contributed by atoms with E-state index in [-0.39, 0.29) is 12.1 Å². The first kappa shape index (κ1) is 12.4. The lowest BCUT2D eigenvalue weighted by Gasteiger charge is -2.19. The maximum atomic E-state index is 11.3. The maximum Gasteiger partial charge on any atom is 0.252 e. The molecular weight excluding hydrogens is 284 g/mol. The van der Waals surface area contributed by atoms with Gasteiger partial charge in [0.1, 0.15) is 11.9 Å². The van der Waals surface area contributed by atoms with Gasteiger partial charge in [-0.15, -0.1) is 0 Å². The molecule has 0 heterocycles. The molecule has 5 heteroatoms. The van der Waals surface area contributed by atoms with Crippen LogP contribution in [0.3, 0.4) is 0 Å². The van der Waals surface area contributed by atoms with Gasteiger partial charge in [-0.25, -0.2) is 0 Å². The van der Waals surface area contributed by atoms with E-state index in [1.165, 1.54) is 0 Å². The average Bonchev–Trinajstić information content (AvgIpc) is 2.64. The first-order valence-corrected chi connectivity index (χ1v) is 6.39. The fourth-order valence-electron chi connectivity index (χ4n) is 2.06. The minimum Gasteiger partial charge on any atom is -0.488 e. The molecule has 1 aliphatic carbocycles. The largest absolute Gasteiger partial charge is 0.488 e. The highest BCUT2D eigenvalue weighted by molar-refractivity contribution is 9.10. The third-order valence-electron chi connectivity index (χ3n) is 2.99. The molecule has 2 atom stereocenters. The highest BCUT2D eigenvalue weighted by atomic mass is 79.9. The second kappa shape index (κ2) is 5.06. The molecule has 1 saturated carbocycles. The summed E-state index contributed by atoms with van der Waals surface area (Å²) < 4.78 is 6.66. The van der Waals surface area contributed by atoms with E-state index in [4.69, 9.17) is 16.2 Å². The Balaban J connectivity index is 2.24. The van der Waals surface area contributed by atoms with Crippen LogP contribution in [0.1, 0.15) is 29.6 Å². The van der Waals surface area contributed by atoms with Gasteiger partial charge in [-0.3, -0.25) is 4.79 Å². The predicted octanol–water partition coefficient (Wildman–Crippen LogP) is 1.81. The van der Waals surface area contributed by atoms with Crippen molar-refractivity contribution in [2.45, 2.75) is 31.4 Å². The van der Waals surface area contributed by atoms with Crippen molar-refractivity contribution in [1.29, 1.82) is 0 Å². The lowest BCUT2D eigenvalue weighted by Crippen LogP contribution is -2.34. The normalized spacial score (nSPS) is 23.6. The summed E-state index contributed by atoms with van der Waals surface area (Å²) in [5, 5.41) is 0. The molecular formula is C12H15BrN2O2. The predicted molar refractivity (Wildman–Crippen MR) is 68.9 cm³/mol. The van der Waals surface area contributed by atoms with Crippen molar-refractivity contribution in [3.63, 3.8) is 0 Å². The zero-order valence-corrected chi connectivity index (χ0v) is 10.9. The van der Waals surface area contributed by atoms with Crippen molar-refractivity contribution in [2.24, 2.45) is 11.5 Å². The van der Waals surface area contributed by atoms with Gasteiger partial charge in [0.15, 0.2) is 0 Å². The van der Waals surface area contributed by atoms with Crippen LogP contribution < -0.4 is 16.2 Å². The van der Waals surface area contributed by atoms with E-state index < -0.39 is 5.91 Å². The number of primary amides is 1. The van der Waals surface area contributed by atoms with Crippen molar-refractivity contribution < 1.29 is 9.53 Å². The van der Waals surface area contributed by atoms with E-state index in [2.05, 4.69) is 15.9 Å². The summed E-state index contributed by atoms with van der Waals surface area (Å²) in [6.45, 7) is 0. The summed E-state index contributed by atoms with van der Waals surface area (Å²) in [4.78, 5) is 11.3. The van der Waals surface area contributed by atoms with E-state index >= 15 is 0 Å². The number of benzene rings is 1. The summed E-state index contributed by atoms with van der Waals surface area (Å²) in [6, 6.07) is 5.21. The Hall–Kier alpha value is -1.07. The third kappa shape index (κ3) is 2.79. The van der Waals surface area contributed by atoms with Crippen LogP contribution in [0.4, 0.5) is 0 Å². The van der Waals surface area contributed by atoms with Crippen LogP contribution in [0.5, 0.6) is 5.75 Å². The number of hydrogen-bond donors (Lipinski definition) is 2. The first-order chi connectivity index (χ1) is 8.08. The summed E-state index contributed by atoms with van der Waals surface area (Å²) in [6.07, 6.45) is 2.92. The van der Waals surface area contributed by atoms with Gasteiger partial charge in [-0.2, -0.15) is 0 Å². The monoisotopic (exact) mass is 298 g/mol. The minimum atomic E-state index is -0.487. The molecule has 4 N–H and O–H groups in total. The van der Waals surface area contributed by atoms with Gasteiger partial charge in [-0.1, -0.05) is 15.9 Å². The fraction of sp³-hybridized carbons (Fsp3) is 0.417. The van der Waals surface area contributed by atoms with Crippen LogP contribution >= 0.6 is 15.9 Å². The van der Waals surface area contributed by atoms with E-state index in [0.717, 1.165) is 23.7 Å². The minimum absolute atomic E-state index is 0.0256. The zero-order valence-electron chi connectivity index (χ0n) is 9.36. The van der Waals surface area contributed by atoms with E-state index in [0.29, 0.717) is 11.3 Å². The molecule has 1 aromatic rings. The second-order valence-corrected chi connectivity index (χ2v) is 5.17. The van der Waals surface area contributed by atoms with Gasteiger partial charge < -0.3 is 16.2 Å². The van der Waals surface area contributed by atoms with Gasteiger partial charge in [0.2, 0.25) is 0 Å². The first-order valence-electron chi connectivity index (χ1n) is 5.59. The van der Waals surface area contributed by atoms with Gasteiger partial charge in [0.25, 0.3) is 5.91 Å². The van der Waals surface area contributed by atoms with Crippen molar-refractivity contribution in [1.82, 2.24) is 0 Å². The summed E-state index contributed by atoms with van der Waals surface area (Å²) >= 11 is 3.35. The Morgan fingerprint density at radius 2 is 2.18 bits per heavy atom. The highest BCUT2D eigenvalue weighted by Gasteiger charge is 2.26. The van der Waals surface area contributed by atoms with Crippen LogP contribution in [0.15, 0.2) is 22.7 Å². The van der Waals surface area contributed by atoms with Crippen LogP contribution in [0, 0.1) is 0 Å². The molecule has 0 radical (unpaired) electrons. The topological polar surface area (TPSA) is 78.3 Å². The Labute approximate surface area is 108 Å². The number of ether oxygens (including phenoxy) is 1. The van der Waals surface area contributed by atoms with Crippen LogP contribution in [0.2, 0.25) is 0 Å². The van der Waals surface area contributed by atoms with Crippen molar-refractivity contribution in [2.75, 3.05) is 0 Å². The molecule has 1 aliphatic rings. The quantitative estimate of drug-likeness (QED) is 0.893. The zero-order chi connectivity index (χ0) is 12.4. The van der Waals surface area contributed by atoms with Crippen LogP contribution in [-0.4, -0.2) is 18.1 Å². The fourth-order valence-corrected chi connectivity index (χ4v) is 2.40. The van der Waals surface area contributed by atoms with E-state index in [1.807, 2.05) is 0 Å². The molecule has 17 heavy (non-hydrogen) atoms. The van der Waals surface area contributed by atoms with Gasteiger partial charge in [-0.05, 0) is 37.5 Å². The van der Waals surface area contributed by atoms with Crippen molar-refractivity contribution in [3.8, 4) is 5.75 Å². The SMILES string of the molecule is NC(=O)c1ccc(Br)cc1OC1CCCC1N. The van der Waals surface area contributed by atoms with Crippen LogP contribution in [0.25, 0.3) is 0 Å². The Morgan fingerprint density at radius 3 is 2.76 bits per heavy atom. The molecule has 92 valence electrons. The molecule has 1 fully saturated rings. The standard InChI is InChI=1S/C12H15BrN2O2/c13-7-4-5-8(12(15)16)11(6-7)17-10-3-1-2-9(10)14/h4-6,9-10H,1-3,14H2,(H2,15,16). The highest BCUT2D eigenvalue weighted by Crippen LogP contribution is 2.28. The summed E-state index contributed by atoms with van der Waals surface area (Å²) in [7, 11) is 0. The molecule has 0 saturated heterocycles. The van der Waals surface area contributed by atoms with Gasteiger partial charge >= 0.3 is 0 Å². The Morgan fingerprint density at radius 1 is 1.41 bits per heavy atom. The molecule has 0 aliphatic heterocycles. The molecule has 2 unspecified atom stereocenters. The van der Waals surface area contributed by atoms with Crippen LogP contribution in [-0.2, 0) is 0 Å². The molecule has 2 rings (SSSR count). The van der Waals surface area contributed by atoms with Crippen molar-refractivity contribution in [3.05, 3.63) is 28.2 Å². The second-order valence-electron chi connectivity index (χ2n) is 4.26. The molecule has 1 amide bonds. The summed E-state index contributed by atoms with van der Waals surface area (Å²) in [5.41, 5.74) is 11.6. The number of nitrogens with two attached hydrogens (primary N) is 2. The smallest absolute Gasteiger partial charge is 0.252 e. The Kier molecular flexibility index (Phi) is 3.69. The van der Waals surface area contributed by atoms with Crippen molar-refractivity contribution >= 4 is 21.8 Å². The van der Waals surface area contributed by atoms with Gasteiger partial charge in [0, 0.05) is 10.5 Å². The van der Waals surface area contributed by atoms with E-state index in [1.54, 1.807) is 18.2 Å². The lowest BCUT2D eigenvalue weighted by atomic mass is 10.1. The number of hydrogen-bond acceptors (Lipinski definition) is 3. The Bertz CT molecular complexity index is 437. The third-order valence-corrected chi connectivity index (χ3v) is 3.48. The molecule has 0 spiro atoms. The number of amides is 1. The number of halogens is 1. The number of carbonyl (C=O) groups excluding carboxylic acids is 1. The summed E-state index contributed by atoms with van der Waals surface area (Å²) in [5.74, 6) is 0.0216. The maximum absolute atomic E-state index is 11.3. The average molecular weight is 299 g/mol. The molecule has 4 nitrogen and oxygen atoms in total. The molecule has 0 aromatic heterocycles. The lowest BCUT2D eigenvalue weighted by molar-refractivity contribution is 0.0992. The van der Waals surface area contributed by atoms with E-state index in [9.17, 15) is 4.79 Å². The number of carbonyl (C=O) groups is 1. The van der Waals surface area contributed by atoms with Gasteiger partial charge in [0.05, 0.1) is 5.56 Å². The molecule has 0 bridgehead atoms. The number of rotatable bonds is 3.